The zero-order chi connectivity index (χ0) is 23.3. The van der Waals surface area contributed by atoms with Crippen LogP contribution < -0.4 is 4.47 Å². The summed E-state index contributed by atoms with van der Waals surface area (Å²) in [4.78, 5) is 17.2. The monoisotopic (exact) mass is 453 g/mol. The Morgan fingerprint density at radius 2 is 1.59 bits per heavy atom. The van der Waals surface area contributed by atoms with Crippen LogP contribution in [0, 0.1) is 0 Å². The summed E-state index contributed by atoms with van der Waals surface area (Å²) in [5.41, 5.74) is 2.83. The molecular weight excluding hydrogens is 426 g/mol. The summed E-state index contributed by atoms with van der Waals surface area (Å²) in [6.07, 6.45) is 0.612. The summed E-state index contributed by atoms with van der Waals surface area (Å²) in [5, 5.41) is 9.60. The molecule has 0 unspecified atom stereocenters. The van der Waals surface area contributed by atoms with Crippen molar-refractivity contribution in [2.24, 2.45) is 0 Å². The quantitative estimate of drug-likeness (QED) is 0.419. The van der Waals surface area contributed by atoms with Crippen molar-refractivity contribution in [1.82, 2.24) is 0 Å². The third-order valence-electron chi connectivity index (χ3n) is 4.99. The number of hydrogen-bond donors (Lipinski definition) is 1. The van der Waals surface area contributed by atoms with Gasteiger partial charge in [-0.05, 0) is 53.3 Å². The van der Waals surface area contributed by atoms with Gasteiger partial charge in [-0.2, -0.15) is 8.42 Å². The van der Waals surface area contributed by atoms with Crippen LogP contribution in [-0.4, -0.2) is 26.1 Å². The zero-order valence-electron chi connectivity index (χ0n) is 18.4. The lowest BCUT2D eigenvalue weighted by Crippen LogP contribution is -2.32. The number of carbonyl (C=O) groups is 1. The van der Waals surface area contributed by atoms with Crippen LogP contribution >= 0.6 is 0 Å². The fraction of sp³-hybridized carbons (Fsp3) is 0.240. The van der Waals surface area contributed by atoms with Gasteiger partial charge in [0.1, 0.15) is 0 Å². The Morgan fingerprint density at radius 1 is 0.969 bits per heavy atom. The molecule has 0 aliphatic heterocycles. The Labute approximate surface area is 189 Å². The summed E-state index contributed by atoms with van der Waals surface area (Å²) >= 11 is 0. The second-order valence-corrected chi connectivity index (χ2v) is 9.44. The van der Waals surface area contributed by atoms with E-state index < -0.39 is 16.0 Å². The fourth-order valence-corrected chi connectivity index (χ4v) is 4.65. The second kappa shape index (κ2) is 9.97. The van der Waals surface area contributed by atoms with E-state index in [9.17, 15) is 18.3 Å². The van der Waals surface area contributed by atoms with Gasteiger partial charge in [-0.3, -0.25) is 4.84 Å². The molecule has 1 N–H and O–H groups in total. The molecule has 0 spiro atoms. The van der Waals surface area contributed by atoms with E-state index in [0.717, 1.165) is 15.6 Å². The zero-order valence-corrected chi connectivity index (χ0v) is 19.2. The molecule has 0 aromatic heterocycles. The van der Waals surface area contributed by atoms with Crippen molar-refractivity contribution in [3.05, 3.63) is 83.9 Å². The van der Waals surface area contributed by atoms with Crippen molar-refractivity contribution in [1.29, 1.82) is 0 Å². The molecule has 7 heteroatoms. The first-order valence-electron chi connectivity index (χ1n) is 10.5. The van der Waals surface area contributed by atoms with Gasteiger partial charge in [0.25, 0.3) is 10.0 Å². The summed E-state index contributed by atoms with van der Waals surface area (Å²) in [6, 6.07) is 20.9. The molecule has 0 saturated heterocycles. The van der Waals surface area contributed by atoms with Crippen molar-refractivity contribution in [3.63, 3.8) is 0 Å². The highest BCUT2D eigenvalue weighted by atomic mass is 32.2. The van der Waals surface area contributed by atoms with E-state index in [-0.39, 0.29) is 23.0 Å². The molecule has 0 bridgehead atoms. The van der Waals surface area contributed by atoms with Gasteiger partial charge in [0.15, 0.2) is 0 Å². The molecule has 0 radical (unpaired) electrons. The van der Waals surface area contributed by atoms with Crippen LogP contribution in [-0.2, 0) is 14.9 Å². The van der Waals surface area contributed by atoms with Crippen molar-refractivity contribution >= 4 is 21.7 Å². The molecule has 0 fully saturated rings. The van der Waals surface area contributed by atoms with Gasteiger partial charge in [0.05, 0.1) is 22.8 Å². The maximum absolute atomic E-state index is 13.5. The molecule has 0 heterocycles. The molecule has 0 atom stereocenters. The molecule has 32 heavy (non-hydrogen) atoms. The van der Waals surface area contributed by atoms with Crippen LogP contribution in [0.3, 0.4) is 0 Å². The first-order chi connectivity index (χ1) is 15.3. The molecule has 3 aromatic carbocycles. The van der Waals surface area contributed by atoms with E-state index >= 15 is 0 Å². The average molecular weight is 454 g/mol. The predicted octanol–water partition coefficient (Wildman–Crippen LogP) is 5.71. The van der Waals surface area contributed by atoms with Crippen LogP contribution in [0.2, 0.25) is 0 Å². The van der Waals surface area contributed by atoms with Gasteiger partial charge in [-0.25, -0.2) is 4.79 Å². The number of anilines is 1. The molecule has 0 aliphatic carbocycles. The molecule has 0 amide bonds. The van der Waals surface area contributed by atoms with Gasteiger partial charge in [-0.1, -0.05) is 69.3 Å². The van der Waals surface area contributed by atoms with Crippen molar-refractivity contribution in [3.8, 4) is 11.1 Å². The van der Waals surface area contributed by atoms with Crippen LogP contribution in [0.5, 0.6) is 0 Å². The van der Waals surface area contributed by atoms with Gasteiger partial charge < -0.3 is 5.11 Å². The van der Waals surface area contributed by atoms with Crippen LogP contribution in [0.25, 0.3) is 11.1 Å². The predicted molar refractivity (Wildman–Crippen MR) is 125 cm³/mol. The third kappa shape index (κ3) is 5.00. The smallest absolute Gasteiger partial charge is 0.336 e. The Balaban J connectivity index is 2.03. The minimum absolute atomic E-state index is 0.0315. The van der Waals surface area contributed by atoms with Crippen molar-refractivity contribution in [2.45, 2.75) is 38.0 Å². The first-order valence-corrected chi connectivity index (χ1v) is 11.9. The number of hydrogen-bond acceptors (Lipinski definition) is 4. The summed E-state index contributed by atoms with van der Waals surface area (Å²) < 4.78 is 27.8. The normalized spacial score (nSPS) is 11.5. The standard InChI is InChI=1S/C25H27NO5S/c1-4-16-31-26(21-12-10-20(11-13-21)19-8-6-5-7-9-19)32(29,30)22-14-15-23(18(2)3)24(17-22)25(27)28/h5-15,17-18H,4,16H2,1-3H3,(H,27,28). The van der Waals surface area contributed by atoms with E-state index in [0.29, 0.717) is 17.7 Å². The third-order valence-corrected chi connectivity index (χ3v) is 6.59. The van der Waals surface area contributed by atoms with Crippen LogP contribution in [0.4, 0.5) is 5.69 Å². The van der Waals surface area contributed by atoms with E-state index in [1.807, 2.05) is 63.2 Å². The highest BCUT2D eigenvalue weighted by molar-refractivity contribution is 7.92. The van der Waals surface area contributed by atoms with E-state index in [1.165, 1.54) is 12.1 Å². The molecule has 0 saturated carbocycles. The van der Waals surface area contributed by atoms with E-state index in [4.69, 9.17) is 4.84 Å². The maximum atomic E-state index is 13.5. The number of aromatic carboxylic acids is 1. The minimum Gasteiger partial charge on any atom is -0.478 e. The van der Waals surface area contributed by atoms with E-state index in [2.05, 4.69) is 0 Å². The van der Waals surface area contributed by atoms with Gasteiger partial charge in [0.2, 0.25) is 0 Å². The first kappa shape index (κ1) is 23.5. The van der Waals surface area contributed by atoms with Crippen LogP contribution in [0.15, 0.2) is 77.7 Å². The molecular formula is C25H27NO5S. The second-order valence-electron chi connectivity index (χ2n) is 7.69. The number of sulfonamides is 1. The molecule has 0 aliphatic rings. The minimum atomic E-state index is -4.15. The molecule has 6 nitrogen and oxygen atoms in total. The van der Waals surface area contributed by atoms with Gasteiger partial charge in [-0.15, -0.1) is 4.47 Å². The Morgan fingerprint density at radius 3 is 2.16 bits per heavy atom. The van der Waals surface area contributed by atoms with Gasteiger partial charge in [0, 0.05) is 0 Å². The highest BCUT2D eigenvalue weighted by Crippen LogP contribution is 2.30. The number of rotatable bonds is 9. The number of carboxylic acid groups (broad SMARTS) is 1. The lowest BCUT2D eigenvalue weighted by Gasteiger charge is -2.24. The molecule has 168 valence electrons. The van der Waals surface area contributed by atoms with E-state index in [1.54, 1.807) is 18.2 Å². The Hall–Kier alpha value is -3.16. The van der Waals surface area contributed by atoms with Gasteiger partial charge >= 0.3 is 5.97 Å². The Kier molecular flexibility index (Phi) is 7.33. The summed E-state index contributed by atoms with van der Waals surface area (Å²) in [6.45, 7) is 5.79. The topological polar surface area (TPSA) is 83.9 Å². The lowest BCUT2D eigenvalue weighted by molar-refractivity contribution is 0.0695. The molecule has 3 rings (SSSR count). The average Bonchev–Trinajstić information content (AvgIpc) is 2.79. The summed E-state index contributed by atoms with van der Waals surface area (Å²) in [5.74, 6) is -1.23. The van der Waals surface area contributed by atoms with Crippen LogP contribution in [0.1, 0.15) is 49.0 Å². The largest absolute Gasteiger partial charge is 0.478 e. The SMILES string of the molecule is CCCON(c1ccc(-c2ccccc2)cc1)S(=O)(=O)c1ccc(C(C)C)c(C(=O)O)c1. The number of nitrogens with zero attached hydrogens (tertiary/aromatic N) is 1. The number of carboxylic acids is 1. The van der Waals surface area contributed by atoms with Crippen molar-refractivity contribution in [2.75, 3.05) is 11.1 Å². The lowest BCUT2D eigenvalue weighted by atomic mass is 9.97. The summed E-state index contributed by atoms with van der Waals surface area (Å²) in [7, 11) is -4.15. The number of benzene rings is 3. The molecule has 3 aromatic rings. The van der Waals surface area contributed by atoms with Crippen molar-refractivity contribution < 1.29 is 23.2 Å². The highest BCUT2D eigenvalue weighted by Gasteiger charge is 2.28. The fourth-order valence-electron chi connectivity index (χ4n) is 3.34. The maximum Gasteiger partial charge on any atom is 0.336 e. The Bertz CT molecular complexity index is 1170.